The molecule has 0 aliphatic rings. The summed E-state index contributed by atoms with van der Waals surface area (Å²) < 4.78 is 34.0. The first-order valence-electron chi connectivity index (χ1n) is 10.1. The number of anilines is 1. The monoisotopic (exact) mass is 472 g/mol. The van der Waals surface area contributed by atoms with Crippen molar-refractivity contribution in [2.45, 2.75) is 31.2 Å². The Morgan fingerprint density at radius 2 is 1.72 bits per heavy atom. The number of benzene rings is 3. The van der Waals surface area contributed by atoms with Crippen LogP contribution in [0.2, 0.25) is 5.02 Å². The van der Waals surface area contributed by atoms with E-state index in [1.54, 1.807) is 30.3 Å². The number of sulfonamides is 1. The summed E-state index contributed by atoms with van der Waals surface area (Å²) in [7, 11) is -3.95. The Kier molecular flexibility index (Phi) is 7.90. The number of amides is 1. The van der Waals surface area contributed by atoms with Crippen LogP contribution in [-0.4, -0.2) is 27.0 Å². The molecule has 0 aromatic heterocycles. The number of halogens is 1. The van der Waals surface area contributed by atoms with Crippen LogP contribution in [0.25, 0.3) is 0 Å². The topological polar surface area (TPSA) is 84.5 Å². The van der Waals surface area contributed by atoms with Crippen LogP contribution in [0, 0.1) is 6.92 Å². The summed E-state index contributed by atoms with van der Waals surface area (Å²) in [6, 6.07) is 19.4. The van der Waals surface area contributed by atoms with Crippen LogP contribution in [0.3, 0.4) is 0 Å². The third kappa shape index (κ3) is 6.32. The van der Waals surface area contributed by atoms with Crippen LogP contribution >= 0.6 is 11.6 Å². The van der Waals surface area contributed by atoms with E-state index in [0.717, 1.165) is 11.1 Å². The maximum absolute atomic E-state index is 13.1. The summed E-state index contributed by atoms with van der Waals surface area (Å²) in [6.07, 6.45) is 0.190. The highest BCUT2D eigenvalue weighted by Gasteiger charge is 2.26. The largest absolute Gasteiger partial charge is 0.494 e. The average Bonchev–Trinajstić information content (AvgIpc) is 2.76. The quantitative estimate of drug-likeness (QED) is 0.477. The van der Waals surface area contributed by atoms with Crippen molar-refractivity contribution in [3.63, 3.8) is 0 Å². The highest BCUT2D eigenvalue weighted by Crippen LogP contribution is 2.21. The molecule has 6 nitrogen and oxygen atoms in total. The molecule has 32 heavy (non-hydrogen) atoms. The first-order valence-corrected chi connectivity index (χ1v) is 12.0. The number of rotatable bonds is 9. The van der Waals surface area contributed by atoms with Gasteiger partial charge in [-0.05, 0) is 73.9 Å². The molecule has 1 atom stereocenters. The molecule has 0 heterocycles. The summed E-state index contributed by atoms with van der Waals surface area (Å²) in [5.74, 6) is 0.108. The van der Waals surface area contributed by atoms with Crippen LogP contribution in [0.1, 0.15) is 18.1 Å². The lowest BCUT2D eigenvalue weighted by molar-refractivity contribution is -0.117. The van der Waals surface area contributed by atoms with Crippen molar-refractivity contribution in [3.05, 3.63) is 88.9 Å². The standard InChI is InChI=1S/C24H25ClN2O4S/c1-3-31-20-10-12-21(13-11-20)32(29,30)27-23(16-18-7-5-4-6-8-18)24(28)26-22-14-9-19(25)15-17(22)2/h4-15,23,27H,3,16H2,1-2H3,(H,26,28)/t23-/m0/s1. The number of carbonyl (C=O) groups is 1. The van der Waals surface area contributed by atoms with E-state index in [2.05, 4.69) is 10.0 Å². The first-order chi connectivity index (χ1) is 15.3. The Hall–Kier alpha value is -2.87. The highest BCUT2D eigenvalue weighted by molar-refractivity contribution is 7.89. The number of aryl methyl sites for hydroxylation is 1. The number of hydrogen-bond acceptors (Lipinski definition) is 4. The molecule has 0 unspecified atom stereocenters. The zero-order valence-electron chi connectivity index (χ0n) is 17.8. The van der Waals surface area contributed by atoms with Crippen molar-refractivity contribution in [3.8, 4) is 5.75 Å². The molecule has 3 aromatic carbocycles. The Bertz CT molecular complexity index is 1170. The van der Waals surface area contributed by atoms with Gasteiger partial charge in [0.25, 0.3) is 0 Å². The number of nitrogens with one attached hydrogen (secondary N) is 2. The third-order valence-corrected chi connectivity index (χ3v) is 6.51. The van der Waals surface area contributed by atoms with Gasteiger partial charge in [0.15, 0.2) is 0 Å². The van der Waals surface area contributed by atoms with Crippen molar-refractivity contribution in [1.82, 2.24) is 4.72 Å². The molecule has 3 aromatic rings. The van der Waals surface area contributed by atoms with Gasteiger partial charge in [-0.1, -0.05) is 41.9 Å². The Morgan fingerprint density at radius 3 is 2.34 bits per heavy atom. The minimum atomic E-state index is -3.95. The lowest BCUT2D eigenvalue weighted by Gasteiger charge is -2.20. The van der Waals surface area contributed by atoms with Crippen LogP contribution < -0.4 is 14.8 Å². The fourth-order valence-electron chi connectivity index (χ4n) is 3.16. The molecule has 0 saturated carbocycles. The summed E-state index contributed by atoms with van der Waals surface area (Å²) in [4.78, 5) is 13.2. The molecule has 0 aliphatic heterocycles. The van der Waals surface area contributed by atoms with Gasteiger partial charge < -0.3 is 10.1 Å². The summed E-state index contributed by atoms with van der Waals surface area (Å²) >= 11 is 6.00. The molecule has 0 fully saturated rings. The van der Waals surface area contributed by atoms with Crippen LogP contribution in [-0.2, 0) is 21.2 Å². The molecular weight excluding hydrogens is 448 g/mol. The second-order valence-corrected chi connectivity index (χ2v) is 9.37. The average molecular weight is 473 g/mol. The first kappa shape index (κ1) is 23.8. The molecule has 0 aliphatic carbocycles. The smallest absolute Gasteiger partial charge is 0.242 e. The van der Waals surface area contributed by atoms with Crippen molar-refractivity contribution >= 4 is 33.2 Å². The molecule has 0 saturated heterocycles. The van der Waals surface area contributed by atoms with E-state index < -0.39 is 22.0 Å². The molecule has 168 valence electrons. The lowest BCUT2D eigenvalue weighted by Crippen LogP contribution is -2.45. The minimum Gasteiger partial charge on any atom is -0.494 e. The van der Waals surface area contributed by atoms with E-state index in [0.29, 0.717) is 23.1 Å². The lowest BCUT2D eigenvalue weighted by atomic mass is 10.1. The van der Waals surface area contributed by atoms with Crippen molar-refractivity contribution in [2.24, 2.45) is 0 Å². The van der Waals surface area contributed by atoms with Gasteiger partial charge in [0, 0.05) is 10.7 Å². The predicted molar refractivity (Wildman–Crippen MR) is 127 cm³/mol. The molecular formula is C24H25ClN2O4S. The van der Waals surface area contributed by atoms with Gasteiger partial charge >= 0.3 is 0 Å². The van der Waals surface area contributed by atoms with E-state index in [-0.39, 0.29) is 11.3 Å². The molecule has 1 amide bonds. The summed E-state index contributed by atoms with van der Waals surface area (Å²) in [6.45, 7) is 4.15. The Balaban J connectivity index is 1.85. The predicted octanol–water partition coefficient (Wildman–Crippen LogP) is 4.58. The van der Waals surface area contributed by atoms with E-state index in [9.17, 15) is 13.2 Å². The van der Waals surface area contributed by atoms with Gasteiger partial charge in [0.1, 0.15) is 11.8 Å². The van der Waals surface area contributed by atoms with E-state index in [1.807, 2.05) is 44.2 Å². The van der Waals surface area contributed by atoms with Crippen molar-refractivity contribution in [1.29, 1.82) is 0 Å². The highest BCUT2D eigenvalue weighted by atomic mass is 35.5. The van der Waals surface area contributed by atoms with Crippen molar-refractivity contribution < 1.29 is 17.9 Å². The van der Waals surface area contributed by atoms with Crippen LogP contribution in [0.5, 0.6) is 5.75 Å². The molecule has 0 bridgehead atoms. The van der Waals surface area contributed by atoms with E-state index >= 15 is 0 Å². The zero-order chi connectivity index (χ0) is 23.1. The number of ether oxygens (including phenoxy) is 1. The summed E-state index contributed by atoms with van der Waals surface area (Å²) in [5, 5.41) is 3.37. The van der Waals surface area contributed by atoms with Gasteiger partial charge in [0.2, 0.25) is 15.9 Å². The number of carbonyl (C=O) groups excluding carboxylic acids is 1. The molecule has 2 N–H and O–H groups in total. The molecule has 0 radical (unpaired) electrons. The molecule has 0 spiro atoms. The van der Waals surface area contributed by atoms with Gasteiger partial charge in [-0.25, -0.2) is 8.42 Å². The maximum Gasteiger partial charge on any atom is 0.242 e. The van der Waals surface area contributed by atoms with E-state index in [1.165, 1.54) is 12.1 Å². The zero-order valence-corrected chi connectivity index (χ0v) is 19.4. The molecule has 8 heteroatoms. The van der Waals surface area contributed by atoms with Gasteiger partial charge in [-0.15, -0.1) is 0 Å². The van der Waals surface area contributed by atoms with Gasteiger partial charge in [0.05, 0.1) is 11.5 Å². The van der Waals surface area contributed by atoms with Crippen LogP contribution in [0.15, 0.2) is 77.7 Å². The number of hydrogen-bond donors (Lipinski definition) is 2. The second kappa shape index (κ2) is 10.6. The summed E-state index contributed by atoms with van der Waals surface area (Å²) in [5.41, 5.74) is 2.17. The van der Waals surface area contributed by atoms with E-state index in [4.69, 9.17) is 16.3 Å². The minimum absolute atomic E-state index is 0.0505. The van der Waals surface area contributed by atoms with Crippen molar-refractivity contribution in [2.75, 3.05) is 11.9 Å². The van der Waals surface area contributed by atoms with Crippen LogP contribution in [0.4, 0.5) is 5.69 Å². The Labute approximate surface area is 193 Å². The van der Waals surface area contributed by atoms with Gasteiger partial charge in [-0.3, -0.25) is 4.79 Å². The second-order valence-electron chi connectivity index (χ2n) is 7.22. The Morgan fingerprint density at radius 1 is 1.03 bits per heavy atom. The molecule has 3 rings (SSSR count). The SMILES string of the molecule is CCOc1ccc(S(=O)(=O)N[C@@H](Cc2ccccc2)C(=O)Nc2ccc(Cl)cc2C)cc1. The third-order valence-electron chi connectivity index (χ3n) is 4.79. The fraction of sp³-hybridized carbons (Fsp3) is 0.208. The normalized spacial score (nSPS) is 12.2. The fourth-order valence-corrected chi connectivity index (χ4v) is 4.58. The van der Waals surface area contributed by atoms with Gasteiger partial charge in [-0.2, -0.15) is 4.72 Å². The maximum atomic E-state index is 13.1.